The maximum Gasteiger partial charge on any atom is 0.410 e. The van der Waals surface area contributed by atoms with E-state index in [1.54, 1.807) is 17.0 Å². The van der Waals surface area contributed by atoms with Gasteiger partial charge in [-0.1, -0.05) is 42.3 Å². The topological polar surface area (TPSA) is 49.9 Å². The number of ether oxygens (including phenoxy) is 1. The molecule has 1 spiro atoms. The largest absolute Gasteiger partial charge is 0.439 e. The molecule has 2 heterocycles. The summed E-state index contributed by atoms with van der Waals surface area (Å²) in [4.78, 5) is 29.6. The molecule has 162 valence electrons. The first kappa shape index (κ1) is 20.3. The van der Waals surface area contributed by atoms with E-state index in [9.17, 15) is 14.0 Å². The van der Waals surface area contributed by atoms with Crippen LogP contribution in [0.1, 0.15) is 36.8 Å². The smallest absolute Gasteiger partial charge is 0.410 e. The van der Waals surface area contributed by atoms with Gasteiger partial charge in [0, 0.05) is 24.5 Å². The quantitative estimate of drug-likeness (QED) is 0.699. The molecule has 0 unspecified atom stereocenters. The average molecular weight is 443 g/mol. The van der Waals surface area contributed by atoms with E-state index in [2.05, 4.69) is 0 Å². The van der Waals surface area contributed by atoms with Crippen LogP contribution in [0.2, 0.25) is 5.02 Å². The van der Waals surface area contributed by atoms with E-state index in [1.807, 2.05) is 29.2 Å². The number of halogens is 2. The summed E-state index contributed by atoms with van der Waals surface area (Å²) in [6.45, 7) is 1.78. The molecule has 7 heteroatoms. The average Bonchev–Trinajstić information content (AvgIpc) is 3.26. The Hall–Kier alpha value is -2.60. The lowest BCUT2D eigenvalue weighted by Gasteiger charge is -2.43. The molecule has 1 atom stereocenters. The van der Waals surface area contributed by atoms with E-state index < -0.39 is 11.0 Å². The van der Waals surface area contributed by atoms with Crippen LogP contribution in [0.4, 0.5) is 9.18 Å². The highest BCUT2D eigenvalue weighted by molar-refractivity contribution is 6.30. The molecular weight excluding hydrogens is 419 g/mol. The van der Waals surface area contributed by atoms with Crippen molar-refractivity contribution >= 4 is 23.6 Å². The monoisotopic (exact) mass is 442 g/mol. The van der Waals surface area contributed by atoms with Crippen LogP contribution >= 0.6 is 11.6 Å². The first-order valence-corrected chi connectivity index (χ1v) is 11.0. The Morgan fingerprint density at radius 1 is 1.03 bits per heavy atom. The second-order valence-electron chi connectivity index (χ2n) is 8.95. The zero-order chi connectivity index (χ0) is 21.6. The van der Waals surface area contributed by atoms with Gasteiger partial charge in [-0.05, 0) is 48.2 Å². The van der Waals surface area contributed by atoms with E-state index in [-0.39, 0.29) is 17.8 Å². The number of hydrogen-bond acceptors (Lipinski definition) is 3. The van der Waals surface area contributed by atoms with Crippen molar-refractivity contribution in [3.05, 3.63) is 70.5 Å². The van der Waals surface area contributed by atoms with Crippen LogP contribution in [-0.2, 0) is 21.5 Å². The molecule has 31 heavy (non-hydrogen) atoms. The van der Waals surface area contributed by atoms with Crippen molar-refractivity contribution < 1.29 is 18.7 Å². The second-order valence-corrected chi connectivity index (χ2v) is 9.39. The van der Waals surface area contributed by atoms with Gasteiger partial charge in [0.25, 0.3) is 0 Å². The second kappa shape index (κ2) is 7.52. The number of likely N-dealkylation sites (tertiary alicyclic amines) is 1. The molecule has 5 nitrogen and oxygen atoms in total. The number of carbonyl (C=O) groups is 2. The van der Waals surface area contributed by atoms with Gasteiger partial charge in [-0.15, -0.1) is 0 Å². The first-order chi connectivity index (χ1) is 14.9. The molecule has 0 radical (unpaired) electrons. The molecule has 1 aliphatic carbocycles. The number of hydrogen-bond donors (Lipinski definition) is 0. The maximum absolute atomic E-state index is 13.6. The van der Waals surface area contributed by atoms with Crippen molar-refractivity contribution in [2.45, 2.75) is 43.2 Å². The maximum atomic E-state index is 13.6. The summed E-state index contributed by atoms with van der Waals surface area (Å²) in [6.07, 6.45) is 2.92. The Labute approximate surface area is 185 Å². The Morgan fingerprint density at radius 3 is 2.39 bits per heavy atom. The normalized spacial score (nSPS) is 24.4. The minimum absolute atomic E-state index is 0.117. The van der Waals surface area contributed by atoms with Gasteiger partial charge in [0.15, 0.2) is 5.60 Å². The number of nitrogens with zero attached hydrogens (tertiary/aromatic N) is 2. The summed E-state index contributed by atoms with van der Waals surface area (Å²) in [5, 5.41) is 0.657. The number of rotatable bonds is 4. The Bertz CT molecular complexity index is 1010. The third kappa shape index (κ3) is 3.57. The van der Waals surface area contributed by atoms with Crippen LogP contribution < -0.4 is 0 Å². The van der Waals surface area contributed by atoms with Gasteiger partial charge in [0.2, 0.25) is 5.91 Å². The van der Waals surface area contributed by atoms with Gasteiger partial charge in [-0.25, -0.2) is 9.18 Å². The predicted molar refractivity (Wildman–Crippen MR) is 114 cm³/mol. The van der Waals surface area contributed by atoms with Gasteiger partial charge < -0.3 is 9.64 Å². The summed E-state index contributed by atoms with van der Waals surface area (Å²) >= 11 is 6.04. The summed E-state index contributed by atoms with van der Waals surface area (Å²) in [5.74, 6) is -0.189. The highest BCUT2D eigenvalue weighted by Crippen LogP contribution is 2.47. The molecule has 2 saturated heterocycles. The fourth-order valence-electron chi connectivity index (χ4n) is 5.08. The zero-order valence-electron chi connectivity index (χ0n) is 17.2. The number of amides is 2. The molecule has 1 saturated carbocycles. The van der Waals surface area contributed by atoms with Gasteiger partial charge in [-0.3, -0.25) is 9.69 Å². The van der Waals surface area contributed by atoms with Gasteiger partial charge in [0.1, 0.15) is 5.82 Å². The van der Waals surface area contributed by atoms with Gasteiger partial charge in [0.05, 0.1) is 18.5 Å². The van der Waals surface area contributed by atoms with Crippen molar-refractivity contribution in [2.24, 2.45) is 0 Å². The summed E-state index contributed by atoms with van der Waals surface area (Å²) < 4.78 is 18.9. The van der Waals surface area contributed by atoms with Crippen molar-refractivity contribution in [1.82, 2.24) is 9.80 Å². The minimum Gasteiger partial charge on any atom is -0.439 e. The lowest BCUT2D eigenvalue weighted by Crippen LogP contribution is -2.51. The number of benzene rings is 2. The van der Waals surface area contributed by atoms with E-state index in [1.165, 1.54) is 12.1 Å². The third-order valence-electron chi connectivity index (χ3n) is 6.94. The minimum atomic E-state index is -0.669. The highest BCUT2D eigenvalue weighted by Gasteiger charge is 2.54. The zero-order valence-corrected chi connectivity index (χ0v) is 17.9. The van der Waals surface area contributed by atoms with Crippen molar-refractivity contribution in [1.29, 1.82) is 0 Å². The van der Waals surface area contributed by atoms with E-state index in [0.29, 0.717) is 37.6 Å². The first-order valence-electron chi connectivity index (χ1n) is 10.7. The van der Waals surface area contributed by atoms with E-state index in [0.717, 1.165) is 30.4 Å². The molecule has 0 bridgehead atoms. The molecular formula is C24H24ClFN2O3. The molecule has 0 N–H and O–H groups in total. The summed E-state index contributed by atoms with van der Waals surface area (Å²) in [5.41, 5.74) is 0.692. The van der Waals surface area contributed by atoms with Crippen LogP contribution in [0, 0.1) is 5.82 Å². The van der Waals surface area contributed by atoms with Crippen molar-refractivity contribution in [3.63, 3.8) is 0 Å². The Kier molecular flexibility index (Phi) is 4.93. The summed E-state index contributed by atoms with van der Waals surface area (Å²) in [6, 6.07) is 13.7. The molecule has 2 amide bonds. The molecule has 2 aliphatic heterocycles. The van der Waals surface area contributed by atoms with Gasteiger partial charge in [-0.2, -0.15) is 0 Å². The molecule has 5 rings (SSSR count). The number of carbonyl (C=O) groups excluding carboxylic acids is 2. The SMILES string of the molecule is O=C1O[C@@]2(CCN(C(=O)C3(c4ccc(Cl)cc4)CCC3)C2)CN1Cc1ccc(F)cc1. The highest BCUT2D eigenvalue weighted by atomic mass is 35.5. The van der Waals surface area contributed by atoms with Crippen LogP contribution in [0.15, 0.2) is 48.5 Å². The molecule has 3 aliphatic rings. The molecule has 0 aromatic heterocycles. The predicted octanol–water partition coefficient (Wildman–Crippen LogP) is 4.52. The van der Waals surface area contributed by atoms with Crippen LogP contribution in [0.25, 0.3) is 0 Å². The molecule has 3 fully saturated rings. The summed E-state index contributed by atoms with van der Waals surface area (Å²) in [7, 11) is 0. The standard InChI is InChI=1S/C24H24ClFN2O3/c25-19-6-4-18(5-7-19)24(10-1-11-24)21(29)27-13-12-23(15-27)16-28(22(30)31-23)14-17-2-8-20(26)9-3-17/h2-9H,1,10-16H2/t23-/m1/s1. The van der Waals surface area contributed by atoms with Gasteiger partial charge >= 0.3 is 6.09 Å². The van der Waals surface area contributed by atoms with Crippen molar-refractivity contribution in [2.75, 3.05) is 19.6 Å². The van der Waals surface area contributed by atoms with Crippen LogP contribution in [0.5, 0.6) is 0 Å². The Balaban J connectivity index is 1.29. The fourth-order valence-corrected chi connectivity index (χ4v) is 5.21. The lowest BCUT2D eigenvalue weighted by molar-refractivity contribution is -0.140. The van der Waals surface area contributed by atoms with Crippen LogP contribution in [0.3, 0.4) is 0 Å². The van der Waals surface area contributed by atoms with Crippen molar-refractivity contribution in [3.8, 4) is 0 Å². The van der Waals surface area contributed by atoms with E-state index >= 15 is 0 Å². The lowest BCUT2D eigenvalue weighted by atomic mass is 9.63. The molecule has 2 aromatic rings. The third-order valence-corrected chi connectivity index (χ3v) is 7.20. The van der Waals surface area contributed by atoms with E-state index in [4.69, 9.17) is 16.3 Å². The Morgan fingerprint density at radius 2 is 1.74 bits per heavy atom. The fraction of sp³-hybridized carbons (Fsp3) is 0.417. The van der Waals surface area contributed by atoms with Crippen LogP contribution in [-0.4, -0.2) is 47.0 Å². The molecule has 2 aromatic carbocycles.